The molecule has 3 rings (SSSR count). The number of amides is 1. The zero-order valence-electron chi connectivity index (χ0n) is 12.8. The van der Waals surface area contributed by atoms with E-state index in [0.717, 1.165) is 5.56 Å². The number of carbonyl (C=O) groups excluding carboxylic acids is 1. The average Bonchev–Trinajstić information content (AvgIpc) is 2.97. The molecule has 0 radical (unpaired) electrons. The van der Waals surface area contributed by atoms with Crippen LogP contribution in [0.25, 0.3) is 0 Å². The molecule has 0 saturated heterocycles. The lowest BCUT2D eigenvalue weighted by Gasteiger charge is -2.16. The maximum Gasteiger partial charge on any atom is 0.422 e. The number of carbonyl (C=O) groups is 1. The number of para-hydroxylation sites is 1. The minimum atomic E-state index is -4.49. The van der Waals surface area contributed by atoms with Crippen LogP contribution in [-0.4, -0.2) is 24.8 Å². The molecular formula is C17H13ClF3NO3. The molecule has 132 valence electrons. The molecule has 1 amide bonds. The molecule has 8 heteroatoms. The van der Waals surface area contributed by atoms with E-state index in [-0.39, 0.29) is 16.5 Å². The lowest BCUT2D eigenvalue weighted by atomic mass is 10.1. The molecule has 0 unspecified atom stereocenters. The lowest BCUT2D eigenvalue weighted by Crippen LogP contribution is -2.31. The van der Waals surface area contributed by atoms with Crippen LogP contribution in [0.5, 0.6) is 11.5 Å². The first-order chi connectivity index (χ1) is 11.8. The van der Waals surface area contributed by atoms with Gasteiger partial charge in [-0.1, -0.05) is 29.8 Å². The van der Waals surface area contributed by atoms with Gasteiger partial charge in [0.15, 0.2) is 12.7 Å². The highest BCUT2D eigenvalue weighted by molar-refractivity contribution is 6.31. The monoisotopic (exact) mass is 371 g/mol. The maximum atomic E-state index is 12.4. The summed E-state index contributed by atoms with van der Waals surface area (Å²) < 4.78 is 47.4. The predicted octanol–water partition coefficient (Wildman–Crippen LogP) is 4.22. The standard InChI is InChI=1S/C17H13ClF3NO3/c18-11-5-6-14(24-9-17(19,20)21)12(8-11)22-16(23)15-7-10-3-1-2-4-13(10)25-15/h1-6,8,15H,7,9H2,(H,22,23)/t15-/m0/s1. The number of hydrogen-bond acceptors (Lipinski definition) is 3. The number of fused-ring (bicyclic) bond motifs is 1. The summed E-state index contributed by atoms with van der Waals surface area (Å²) >= 11 is 5.86. The summed E-state index contributed by atoms with van der Waals surface area (Å²) in [6.45, 7) is -1.47. The molecule has 1 aliphatic heterocycles. The number of halogens is 4. The van der Waals surface area contributed by atoms with Gasteiger partial charge in [0, 0.05) is 11.4 Å². The summed E-state index contributed by atoms with van der Waals surface area (Å²) in [5.41, 5.74) is 0.948. The molecule has 0 bridgehead atoms. The molecule has 0 aromatic heterocycles. The molecular weight excluding hydrogens is 359 g/mol. The molecule has 1 aliphatic rings. The quantitative estimate of drug-likeness (QED) is 0.875. The van der Waals surface area contributed by atoms with E-state index in [9.17, 15) is 18.0 Å². The van der Waals surface area contributed by atoms with E-state index >= 15 is 0 Å². The fourth-order valence-corrected chi connectivity index (χ4v) is 2.60. The summed E-state index contributed by atoms with van der Waals surface area (Å²) in [6, 6.07) is 11.2. The Bertz CT molecular complexity index is 770. The van der Waals surface area contributed by atoms with E-state index in [4.69, 9.17) is 21.1 Å². The largest absolute Gasteiger partial charge is 0.482 e. The first-order valence-corrected chi connectivity index (χ1v) is 7.74. The van der Waals surface area contributed by atoms with Crippen molar-refractivity contribution in [1.82, 2.24) is 0 Å². The molecule has 0 spiro atoms. The van der Waals surface area contributed by atoms with Gasteiger partial charge in [0.2, 0.25) is 0 Å². The van der Waals surface area contributed by atoms with Crippen molar-refractivity contribution in [3.63, 3.8) is 0 Å². The van der Waals surface area contributed by atoms with Crippen molar-refractivity contribution >= 4 is 23.2 Å². The van der Waals surface area contributed by atoms with Crippen molar-refractivity contribution in [1.29, 1.82) is 0 Å². The summed E-state index contributed by atoms with van der Waals surface area (Å²) in [7, 11) is 0. The second-order valence-electron chi connectivity index (χ2n) is 5.45. The van der Waals surface area contributed by atoms with Gasteiger partial charge < -0.3 is 14.8 Å². The van der Waals surface area contributed by atoms with Crippen molar-refractivity contribution in [2.75, 3.05) is 11.9 Å². The SMILES string of the molecule is O=C(Nc1cc(Cl)ccc1OCC(F)(F)F)[C@@H]1Cc2ccccc2O1. The van der Waals surface area contributed by atoms with Gasteiger partial charge in [0.1, 0.15) is 11.5 Å². The maximum absolute atomic E-state index is 12.4. The third-order valence-electron chi connectivity index (χ3n) is 3.53. The highest BCUT2D eigenvalue weighted by Gasteiger charge is 2.31. The second-order valence-corrected chi connectivity index (χ2v) is 5.89. The van der Waals surface area contributed by atoms with Crippen LogP contribution in [0.15, 0.2) is 42.5 Å². The van der Waals surface area contributed by atoms with Crippen molar-refractivity contribution in [2.24, 2.45) is 0 Å². The third-order valence-corrected chi connectivity index (χ3v) is 3.77. The molecule has 4 nitrogen and oxygen atoms in total. The van der Waals surface area contributed by atoms with Crippen LogP contribution in [0.3, 0.4) is 0 Å². The number of alkyl halides is 3. The Morgan fingerprint density at radius 1 is 1.28 bits per heavy atom. The molecule has 25 heavy (non-hydrogen) atoms. The number of anilines is 1. The molecule has 2 aromatic carbocycles. The van der Waals surface area contributed by atoms with Crippen molar-refractivity contribution in [2.45, 2.75) is 18.7 Å². The van der Waals surface area contributed by atoms with Crippen LogP contribution < -0.4 is 14.8 Å². The predicted molar refractivity (Wildman–Crippen MR) is 86.2 cm³/mol. The van der Waals surface area contributed by atoms with Crippen LogP contribution in [0.4, 0.5) is 18.9 Å². The first-order valence-electron chi connectivity index (χ1n) is 7.36. The fraction of sp³-hybridized carbons (Fsp3) is 0.235. The van der Waals surface area contributed by atoms with Gasteiger partial charge in [0.25, 0.3) is 5.91 Å². The van der Waals surface area contributed by atoms with E-state index < -0.39 is 24.8 Å². The summed E-state index contributed by atoms with van der Waals surface area (Å²) in [5, 5.41) is 2.78. The second kappa shape index (κ2) is 6.84. The van der Waals surface area contributed by atoms with E-state index in [2.05, 4.69) is 5.32 Å². The van der Waals surface area contributed by atoms with Crippen LogP contribution in [-0.2, 0) is 11.2 Å². The Labute approximate surface area is 146 Å². The zero-order chi connectivity index (χ0) is 18.0. The van der Waals surface area contributed by atoms with Crippen LogP contribution in [0, 0.1) is 0 Å². The van der Waals surface area contributed by atoms with Gasteiger partial charge in [-0.15, -0.1) is 0 Å². The normalized spacial score (nSPS) is 16.1. The topological polar surface area (TPSA) is 47.6 Å². The van der Waals surface area contributed by atoms with Gasteiger partial charge in [-0.2, -0.15) is 13.2 Å². The number of rotatable bonds is 4. The Morgan fingerprint density at radius 2 is 2.04 bits per heavy atom. The summed E-state index contributed by atoms with van der Waals surface area (Å²) in [4.78, 5) is 12.4. The minimum absolute atomic E-state index is 0.0568. The van der Waals surface area contributed by atoms with E-state index in [1.165, 1.54) is 18.2 Å². The summed E-state index contributed by atoms with van der Waals surface area (Å²) in [5.74, 6) is 0.00296. The Kier molecular flexibility index (Phi) is 4.76. The molecule has 1 heterocycles. The lowest BCUT2D eigenvalue weighted by molar-refractivity contribution is -0.153. The van der Waals surface area contributed by atoms with Crippen molar-refractivity contribution in [3.05, 3.63) is 53.1 Å². The number of hydrogen-bond donors (Lipinski definition) is 1. The smallest absolute Gasteiger partial charge is 0.422 e. The molecule has 0 fully saturated rings. The first kappa shape index (κ1) is 17.4. The number of nitrogens with one attached hydrogen (secondary N) is 1. The Morgan fingerprint density at radius 3 is 2.76 bits per heavy atom. The van der Waals surface area contributed by atoms with Gasteiger partial charge in [-0.3, -0.25) is 4.79 Å². The molecule has 1 N–H and O–H groups in total. The van der Waals surface area contributed by atoms with Gasteiger partial charge in [-0.05, 0) is 29.8 Å². The third kappa shape index (κ3) is 4.36. The molecule has 2 aromatic rings. The van der Waals surface area contributed by atoms with Crippen LogP contribution in [0.1, 0.15) is 5.56 Å². The minimum Gasteiger partial charge on any atom is -0.482 e. The fourth-order valence-electron chi connectivity index (χ4n) is 2.43. The van der Waals surface area contributed by atoms with E-state index in [0.29, 0.717) is 12.2 Å². The number of benzene rings is 2. The van der Waals surface area contributed by atoms with Crippen LogP contribution >= 0.6 is 11.6 Å². The summed E-state index contributed by atoms with van der Waals surface area (Å²) in [6.07, 6.45) is -4.88. The van der Waals surface area contributed by atoms with Gasteiger partial charge in [0.05, 0.1) is 5.69 Å². The molecule has 0 saturated carbocycles. The van der Waals surface area contributed by atoms with Crippen molar-refractivity contribution in [3.8, 4) is 11.5 Å². The van der Waals surface area contributed by atoms with E-state index in [1.54, 1.807) is 12.1 Å². The molecule has 0 aliphatic carbocycles. The van der Waals surface area contributed by atoms with Crippen molar-refractivity contribution < 1.29 is 27.4 Å². The van der Waals surface area contributed by atoms with Gasteiger partial charge in [-0.25, -0.2) is 0 Å². The Hall–Kier alpha value is -2.41. The highest BCUT2D eigenvalue weighted by Crippen LogP contribution is 2.32. The van der Waals surface area contributed by atoms with E-state index in [1.807, 2.05) is 12.1 Å². The molecule has 1 atom stereocenters. The zero-order valence-corrected chi connectivity index (χ0v) is 13.5. The highest BCUT2D eigenvalue weighted by atomic mass is 35.5. The Balaban J connectivity index is 1.72. The average molecular weight is 372 g/mol. The van der Waals surface area contributed by atoms with Crippen LogP contribution in [0.2, 0.25) is 5.02 Å². The van der Waals surface area contributed by atoms with Gasteiger partial charge >= 0.3 is 6.18 Å². The number of ether oxygens (including phenoxy) is 2.